The van der Waals surface area contributed by atoms with Gasteiger partial charge >= 0.3 is 0 Å². The van der Waals surface area contributed by atoms with Gasteiger partial charge in [0.15, 0.2) is 0 Å². The second-order valence-electron chi connectivity index (χ2n) is 4.67. The smallest absolute Gasteiger partial charge is 0.208 e. The second kappa shape index (κ2) is 6.61. The lowest BCUT2D eigenvalue weighted by Gasteiger charge is -2.13. The van der Waals surface area contributed by atoms with E-state index in [1.54, 1.807) is 18.2 Å². The van der Waals surface area contributed by atoms with Crippen molar-refractivity contribution in [2.75, 3.05) is 5.75 Å². The number of benzene rings is 1. The molecule has 2 atom stereocenters. The molecule has 1 fully saturated rings. The predicted molar refractivity (Wildman–Crippen MR) is 84.0 cm³/mol. The number of hydrogen-bond acceptors (Lipinski definition) is 3. The molecule has 19 heavy (non-hydrogen) atoms. The number of nitrogens with one attached hydrogen (secondary N) is 1. The summed E-state index contributed by atoms with van der Waals surface area (Å²) in [6, 6.07) is 6.90. The van der Waals surface area contributed by atoms with Crippen molar-refractivity contribution in [3.8, 4) is 0 Å². The van der Waals surface area contributed by atoms with E-state index in [0.717, 1.165) is 29.5 Å². The number of halogens is 1. The van der Waals surface area contributed by atoms with Crippen molar-refractivity contribution in [3.05, 3.63) is 28.7 Å². The first-order valence-electron chi connectivity index (χ1n) is 6.41. The highest BCUT2D eigenvalue weighted by molar-refractivity contribution is 9.10. The van der Waals surface area contributed by atoms with E-state index in [-0.39, 0.29) is 6.04 Å². The standard InChI is InChI=1S/C13H18BrNO2S2/c1-2-18-12-7-6-11(9-12)15-19(16,17)13-5-3-4-10(14)8-13/h3-5,8,11-12,15H,2,6-7,9H2,1H3. The lowest BCUT2D eigenvalue weighted by atomic mass is 10.3. The van der Waals surface area contributed by atoms with Gasteiger partial charge in [0.2, 0.25) is 10.0 Å². The molecule has 1 aliphatic carbocycles. The van der Waals surface area contributed by atoms with E-state index < -0.39 is 10.0 Å². The SMILES string of the molecule is CCSC1CCC(NS(=O)(=O)c2cccc(Br)c2)C1. The van der Waals surface area contributed by atoms with E-state index in [9.17, 15) is 8.42 Å². The predicted octanol–water partition coefficient (Wildman–Crippen LogP) is 3.40. The van der Waals surface area contributed by atoms with Gasteiger partial charge in [-0.05, 0) is 43.2 Å². The van der Waals surface area contributed by atoms with Crippen molar-refractivity contribution < 1.29 is 8.42 Å². The minimum Gasteiger partial charge on any atom is -0.208 e. The van der Waals surface area contributed by atoms with Gasteiger partial charge < -0.3 is 0 Å². The molecule has 2 rings (SSSR count). The van der Waals surface area contributed by atoms with Crippen LogP contribution in [0.2, 0.25) is 0 Å². The Labute approximate surface area is 127 Å². The van der Waals surface area contributed by atoms with Crippen LogP contribution in [0.4, 0.5) is 0 Å². The van der Waals surface area contributed by atoms with Crippen LogP contribution in [0.5, 0.6) is 0 Å². The normalized spacial score (nSPS) is 23.7. The maximum absolute atomic E-state index is 12.3. The van der Waals surface area contributed by atoms with Gasteiger partial charge in [0.25, 0.3) is 0 Å². The van der Waals surface area contributed by atoms with E-state index in [1.165, 1.54) is 0 Å². The monoisotopic (exact) mass is 363 g/mol. The molecule has 2 unspecified atom stereocenters. The molecular weight excluding hydrogens is 346 g/mol. The summed E-state index contributed by atoms with van der Waals surface area (Å²) in [5.74, 6) is 1.09. The Morgan fingerprint density at radius 1 is 1.42 bits per heavy atom. The van der Waals surface area contributed by atoms with Crippen LogP contribution in [0.3, 0.4) is 0 Å². The van der Waals surface area contributed by atoms with Crippen molar-refractivity contribution in [2.45, 2.75) is 42.4 Å². The Bertz CT molecular complexity index is 533. The molecule has 6 heteroatoms. The molecule has 0 spiro atoms. The number of thioether (sulfide) groups is 1. The average molecular weight is 364 g/mol. The Balaban J connectivity index is 2.02. The fourth-order valence-electron chi connectivity index (χ4n) is 2.36. The second-order valence-corrected chi connectivity index (χ2v) is 8.87. The summed E-state index contributed by atoms with van der Waals surface area (Å²) in [6.45, 7) is 2.14. The molecule has 0 aromatic heterocycles. The van der Waals surface area contributed by atoms with Gasteiger partial charge in [0.1, 0.15) is 0 Å². The summed E-state index contributed by atoms with van der Waals surface area (Å²) >= 11 is 5.23. The summed E-state index contributed by atoms with van der Waals surface area (Å²) in [5.41, 5.74) is 0. The van der Waals surface area contributed by atoms with Crippen LogP contribution in [-0.4, -0.2) is 25.5 Å². The Kier molecular flexibility index (Phi) is 5.34. The highest BCUT2D eigenvalue weighted by Crippen LogP contribution is 2.30. The molecular formula is C13H18BrNO2S2. The van der Waals surface area contributed by atoms with Crippen molar-refractivity contribution >= 4 is 37.7 Å². The van der Waals surface area contributed by atoms with Crippen LogP contribution in [-0.2, 0) is 10.0 Å². The first-order valence-corrected chi connectivity index (χ1v) is 9.73. The van der Waals surface area contributed by atoms with E-state index in [4.69, 9.17) is 0 Å². The highest BCUT2D eigenvalue weighted by atomic mass is 79.9. The molecule has 1 saturated carbocycles. The Hall–Kier alpha value is -0.0400. The molecule has 0 radical (unpaired) electrons. The number of sulfonamides is 1. The third kappa shape index (κ3) is 4.21. The van der Waals surface area contributed by atoms with Crippen LogP contribution >= 0.6 is 27.7 Å². The van der Waals surface area contributed by atoms with Gasteiger partial charge in [0, 0.05) is 15.8 Å². The highest BCUT2D eigenvalue weighted by Gasteiger charge is 2.28. The van der Waals surface area contributed by atoms with Crippen molar-refractivity contribution in [1.82, 2.24) is 4.72 Å². The molecule has 0 amide bonds. The van der Waals surface area contributed by atoms with Gasteiger partial charge in [-0.1, -0.05) is 28.9 Å². The molecule has 1 N–H and O–H groups in total. The molecule has 0 aliphatic heterocycles. The zero-order chi connectivity index (χ0) is 13.9. The largest absolute Gasteiger partial charge is 0.240 e. The molecule has 0 heterocycles. The topological polar surface area (TPSA) is 46.2 Å². The summed E-state index contributed by atoms with van der Waals surface area (Å²) in [7, 11) is -3.39. The van der Waals surface area contributed by atoms with E-state index in [0.29, 0.717) is 10.1 Å². The van der Waals surface area contributed by atoms with E-state index in [2.05, 4.69) is 27.6 Å². The minimum atomic E-state index is -3.39. The first kappa shape index (κ1) is 15.4. The zero-order valence-corrected chi connectivity index (χ0v) is 14.0. The minimum absolute atomic E-state index is 0.0769. The molecule has 1 aliphatic rings. The van der Waals surface area contributed by atoms with Crippen molar-refractivity contribution in [3.63, 3.8) is 0 Å². The van der Waals surface area contributed by atoms with Crippen molar-refractivity contribution in [1.29, 1.82) is 0 Å². The van der Waals surface area contributed by atoms with Crippen LogP contribution in [0.1, 0.15) is 26.2 Å². The number of rotatable bonds is 5. The van der Waals surface area contributed by atoms with Gasteiger partial charge in [-0.2, -0.15) is 11.8 Å². The molecule has 0 bridgehead atoms. The van der Waals surface area contributed by atoms with Gasteiger partial charge in [-0.3, -0.25) is 0 Å². The van der Waals surface area contributed by atoms with Gasteiger partial charge in [0.05, 0.1) is 4.90 Å². The lowest BCUT2D eigenvalue weighted by molar-refractivity contribution is 0.552. The lowest BCUT2D eigenvalue weighted by Crippen LogP contribution is -2.33. The van der Waals surface area contributed by atoms with Crippen molar-refractivity contribution in [2.24, 2.45) is 0 Å². The molecule has 1 aromatic carbocycles. The fraction of sp³-hybridized carbons (Fsp3) is 0.538. The van der Waals surface area contributed by atoms with Crippen LogP contribution in [0.15, 0.2) is 33.6 Å². The molecule has 0 saturated heterocycles. The first-order chi connectivity index (χ1) is 9.01. The van der Waals surface area contributed by atoms with Gasteiger partial charge in [-0.15, -0.1) is 0 Å². The van der Waals surface area contributed by atoms with E-state index in [1.807, 2.05) is 17.8 Å². The van der Waals surface area contributed by atoms with Crippen LogP contribution in [0, 0.1) is 0 Å². The average Bonchev–Trinajstić information content (AvgIpc) is 2.76. The Morgan fingerprint density at radius 2 is 2.21 bits per heavy atom. The third-order valence-electron chi connectivity index (χ3n) is 3.22. The molecule has 3 nitrogen and oxygen atoms in total. The van der Waals surface area contributed by atoms with Gasteiger partial charge in [-0.25, -0.2) is 13.1 Å². The third-order valence-corrected chi connectivity index (χ3v) is 6.46. The fourth-order valence-corrected chi connectivity index (χ4v) is 5.38. The summed E-state index contributed by atoms with van der Waals surface area (Å²) in [5, 5.41) is 0.597. The van der Waals surface area contributed by atoms with E-state index >= 15 is 0 Å². The summed E-state index contributed by atoms with van der Waals surface area (Å²) < 4.78 is 28.1. The summed E-state index contributed by atoms with van der Waals surface area (Å²) in [4.78, 5) is 0.327. The summed E-state index contributed by atoms with van der Waals surface area (Å²) in [6.07, 6.45) is 2.97. The zero-order valence-electron chi connectivity index (χ0n) is 10.8. The maximum Gasteiger partial charge on any atom is 0.240 e. The number of hydrogen-bond donors (Lipinski definition) is 1. The molecule has 106 valence electrons. The van der Waals surface area contributed by atoms with Crippen LogP contribution in [0.25, 0.3) is 0 Å². The van der Waals surface area contributed by atoms with Crippen LogP contribution < -0.4 is 4.72 Å². The quantitative estimate of drug-likeness (QED) is 0.871. The Morgan fingerprint density at radius 3 is 2.89 bits per heavy atom. The molecule has 1 aromatic rings. The maximum atomic E-state index is 12.3.